The normalized spacial score (nSPS) is 12.9. The molecule has 0 unspecified atom stereocenters. The SMILES string of the molecule is CCN(CC)S(=O)(=O)c1c(C)nn(Cc2cccc(S(=O)(=O)N(C)C)c2)c1C. The molecule has 0 fully saturated rings. The molecule has 2 aromatic rings. The molecule has 156 valence electrons. The molecule has 2 rings (SSSR count). The van der Waals surface area contributed by atoms with Crippen LogP contribution in [-0.4, -0.2) is 62.4 Å². The van der Waals surface area contributed by atoms with E-state index >= 15 is 0 Å². The molecule has 1 aromatic carbocycles. The molecule has 0 radical (unpaired) electrons. The lowest BCUT2D eigenvalue weighted by molar-refractivity contribution is 0.444. The van der Waals surface area contributed by atoms with Crippen LogP contribution in [0.1, 0.15) is 30.8 Å². The van der Waals surface area contributed by atoms with Crippen molar-refractivity contribution in [1.82, 2.24) is 18.4 Å². The fraction of sp³-hybridized carbons (Fsp3) is 0.500. The lowest BCUT2D eigenvalue weighted by Crippen LogP contribution is -2.31. The molecule has 0 aliphatic heterocycles. The van der Waals surface area contributed by atoms with Crippen LogP contribution in [-0.2, 0) is 26.6 Å². The van der Waals surface area contributed by atoms with Gasteiger partial charge in [0, 0.05) is 27.2 Å². The van der Waals surface area contributed by atoms with Crippen molar-refractivity contribution in [1.29, 1.82) is 0 Å². The second-order valence-electron chi connectivity index (χ2n) is 6.68. The first-order chi connectivity index (χ1) is 13.0. The molecule has 8 nitrogen and oxygen atoms in total. The van der Waals surface area contributed by atoms with Crippen molar-refractivity contribution >= 4 is 20.0 Å². The molecular formula is C18H28N4O4S2. The number of nitrogens with zero attached hydrogens (tertiary/aromatic N) is 4. The van der Waals surface area contributed by atoms with E-state index < -0.39 is 20.0 Å². The Labute approximate surface area is 167 Å². The molecule has 0 atom stereocenters. The third-order valence-electron chi connectivity index (χ3n) is 4.63. The number of sulfonamides is 2. The monoisotopic (exact) mass is 428 g/mol. The summed E-state index contributed by atoms with van der Waals surface area (Å²) in [5.41, 5.74) is 1.69. The van der Waals surface area contributed by atoms with Crippen molar-refractivity contribution in [3.8, 4) is 0 Å². The molecule has 1 heterocycles. The van der Waals surface area contributed by atoms with Crippen molar-refractivity contribution in [2.45, 2.75) is 44.0 Å². The second kappa shape index (κ2) is 8.32. The molecule has 0 aliphatic carbocycles. The van der Waals surface area contributed by atoms with Crippen molar-refractivity contribution in [2.75, 3.05) is 27.2 Å². The van der Waals surface area contributed by atoms with Crippen LogP contribution in [0.3, 0.4) is 0 Å². The standard InChI is InChI=1S/C18H28N4O4S2/c1-7-21(8-2)28(25,26)18-14(3)19-22(15(18)4)13-16-10-9-11-17(12-16)27(23,24)20(5)6/h9-12H,7-8,13H2,1-6H3. The van der Waals surface area contributed by atoms with Gasteiger partial charge in [0.05, 0.1) is 22.8 Å². The molecule has 1 aromatic heterocycles. The van der Waals surface area contributed by atoms with Gasteiger partial charge >= 0.3 is 0 Å². The first-order valence-corrected chi connectivity index (χ1v) is 11.9. The molecule has 0 N–H and O–H groups in total. The number of benzene rings is 1. The van der Waals surface area contributed by atoms with Crippen LogP contribution in [0.4, 0.5) is 0 Å². The minimum absolute atomic E-state index is 0.188. The van der Waals surface area contributed by atoms with E-state index in [4.69, 9.17) is 0 Å². The van der Waals surface area contributed by atoms with E-state index in [2.05, 4.69) is 5.10 Å². The minimum atomic E-state index is -3.63. The summed E-state index contributed by atoms with van der Waals surface area (Å²) in [6.45, 7) is 8.03. The maximum Gasteiger partial charge on any atom is 0.246 e. The zero-order valence-corrected chi connectivity index (χ0v) is 18.8. The lowest BCUT2D eigenvalue weighted by Gasteiger charge is -2.18. The highest BCUT2D eigenvalue weighted by Crippen LogP contribution is 2.24. The van der Waals surface area contributed by atoms with Crippen LogP contribution in [0.15, 0.2) is 34.1 Å². The number of hydrogen-bond donors (Lipinski definition) is 0. The summed E-state index contributed by atoms with van der Waals surface area (Å²) in [6, 6.07) is 6.59. The lowest BCUT2D eigenvalue weighted by atomic mass is 10.2. The van der Waals surface area contributed by atoms with E-state index in [-0.39, 0.29) is 16.3 Å². The number of hydrogen-bond acceptors (Lipinski definition) is 5. The quantitative estimate of drug-likeness (QED) is 0.640. The van der Waals surface area contributed by atoms with Gasteiger partial charge < -0.3 is 0 Å². The fourth-order valence-electron chi connectivity index (χ4n) is 3.09. The Morgan fingerprint density at radius 1 is 1.00 bits per heavy atom. The molecule has 10 heteroatoms. The van der Waals surface area contributed by atoms with Crippen molar-refractivity contribution in [3.05, 3.63) is 41.2 Å². The largest absolute Gasteiger partial charge is 0.264 e. The predicted octanol–water partition coefficient (Wildman–Crippen LogP) is 1.83. The van der Waals surface area contributed by atoms with Crippen molar-refractivity contribution < 1.29 is 16.8 Å². The second-order valence-corrected chi connectivity index (χ2v) is 10.7. The molecule has 0 aliphatic rings. The Balaban J connectivity index is 2.46. The molecule has 0 amide bonds. The average molecular weight is 429 g/mol. The van der Waals surface area contributed by atoms with E-state index in [0.717, 1.165) is 9.87 Å². The van der Waals surface area contributed by atoms with Gasteiger partial charge in [0.1, 0.15) is 4.90 Å². The first-order valence-electron chi connectivity index (χ1n) is 9.02. The first kappa shape index (κ1) is 22.5. The zero-order valence-electron chi connectivity index (χ0n) is 17.2. The summed E-state index contributed by atoms with van der Waals surface area (Å²) in [7, 11) is -4.22. The maximum absolute atomic E-state index is 13.0. The van der Waals surface area contributed by atoms with Gasteiger partial charge in [-0.25, -0.2) is 21.1 Å². The van der Waals surface area contributed by atoms with Crippen LogP contribution in [0, 0.1) is 13.8 Å². The van der Waals surface area contributed by atoms with Crippen LogP contribution < -0.4 is 0 Å². The minimum Gasteiger partial charge on any atom is -0.264 e. The Bertz CT molecular complexity index is 1050. The van der Waals surface area contributed by atoms with Crippen molar-refractivity contribution in [2.24, 2.45) is 0 Å². The smallest absolute Gasteiger partial charge is 0.246 e. The number of aromatic nitrogens is 2. The summed E-state index contributed by atoms with van der Waals surface area (Å²) in [5.74, 6) is 0. The van der Waals surface area contributed by atoms with Crippen LogP contribution >= 0.6 is 0 Å². The average Bonchev–Trinajstić information content (AvgIpc) is 2.89. The van der Waals surface area contributed by atoms with Gasteiger partial charge in [-0.1, -0.05) is 26.0 Å². The topological polar surface area (TPSA) is 92.6 Å². The van der Waals surface area contributed by atoms with Gasteiger partial charge in [0.25, 0.3) is 0 Å². The summed E-state index contributed by atoms with van der Waals surface area (Å²) in [6.07, 6.45) is 0. The molecule has 0 saturated heterocycles. The molecule has 0 saturated carbocycles. The van der Waals surface area contributed by atoms with Gasteiger partial charge in [0.2, 0.25) is 20.0 Å². The third-order valence-corrected chi connectivity index (χ3v) is 8.74. The van der Waals surface area contributed by atoms with Gasteiger partial charge in [-0.05, 0) is 31.5 Å². The maximum atomic E-state index is 13.0. The van der Waals surface area contributed by atoms with Crippen LogP contribution in [0.5, 0.6) is 0 Å². The Kier molecular flexibility index (Phi) is 6.70. The van der Waals surface area contributed by atoms with Crippen LogP contribution in [0.25, 0.3) is 0 Å². The van der Waals surface area contributed by atoms with E-state index in [1.54, 1.807) is 50.6 Å². The Morgan fingerprint density at radius 2 is 1.61 bits per heavy atom. The fourth-order valence-corrected chi connectivity index (χ4v) is 5.89. The van der Waals surface area contributed by atoms with Crippen LogP contribution in [0.2, 0.25) is 0 Å². The third kappa shape index (κ3) is 4.14. The molecule has 0 bridgehead atoms. The Hall–Kier alpha value is -1.75. The summed E-state index contributed by atoms with van der Waals surface area (Å²) < 4.78 is 54.8. The number of aryl methyl sites for hydroxylation is 1. The van der Waals surface area contributed by atoms with Gasteiger partial charge in [-0.15, -0.1) is 0 Å². The number of rotatable bonds is 8. The molecule has 28 heavy (non-hydrogen) atoms. The zero-order chi connectivity index (χ0) is 21.3. The molecular weight excluding hydrogens is 400 g/mol. The van der Waals surface area contributed by atoms with E-state index in [1.165, 1.54) is 24.5 Å². The highest BCUT2D eigenvalue weighted by atomic mass is 32.2. The summed E-state index contributed by atoms with van der Waals surface area (Å²) in [4.78, 5) is 0.404. The van der Waals surface area contributed by atoms with E-state index in [1.807, 2.05) is 0 Å². The Morgan fingerprint density at radius 3 is 2.14 bits per heavy atom. The predicted molar refractivity (Wildman–Crippen MR) is 108 cm³/mol. The van der Waals surface area contributed by atoms with Gasteiger partial charge in [0.15, 0.2) is 0 Å². The molecule has 0 spiro atoms. The van der Waals surface area contributed by atoms with Gasteiger partial charge in [-0.3, -0.25) is 4.68 Å². The highest BCUT2D eigenvalue weighted by molar-refractivity contribution is 7.89. The highest BCUT2D eigenvalue weighted by Gasteiger charge is 2.29. The van der Waals surface area contributed by atoms with Crippen molar-refractivity contribution in [3.63, 3.8) is 0 Å². The van der Waals surface area contributed by atoms with Gasteiger partial charge in [-0.2, -0.15) is 9.40 Å². The summed E-state index contributed by atoms with van der Waals surface area (Å²) >= 11 is 0. The van der Waals surface area contributed by atoms with E-state index in [9.17, 15) is 16.8 Å². The summed E-state index contributed by atoms with van der Waals surface area (Å²) in [5, 5.41) is 4.40. The van der Waals surface area contributed by atoms with E-state index in [0.29, 0.717) is 24.5 Å².